The number of amides is 2. The predicted octanol–water partition coefficient (Wildman–Crippen LogP) is 1.54. The zero-order valence-corrected chi connectivity index (χ0v) is 14.9. The number of para-hydroxylation sites is 1. The fraction of sp³-hybridized carbons (Fsp3) is 0.474. The third-order valence-corrected chi connectivity index (χ3v) is 4.92. The number of nitrogens with two attached hydrogens (primary N) is 1. The number of hydrogen-bond donors (Lipinski definition) is 1. The molecule has 2 amide bonds. The zero-order chi connectivity index (χ0) is 18.0. The summed E-state index contributed by atoms with van der Waals surface area (Å²) in [5.74, 6) is -0.559. The Morgan fingerprint density at radius 3 is 2.76 bits per heavy atom. The molecule has 0 spiro atoms. The van der Waals surface area contributed by atoms with Crippen LogP contribution in [0.15, 0.2) is 30.5 Å². The zero-order valence-electron chi connectivity index (χ0n) is 14.9. The third-order valence-electron chi connectivity index (χ3n) is 4.92. The molecule has 1 aromatic carbocycles. The number of likely N-dealkylation sites (tertiary alicyclic amines) is 1. The Kier molecular flexibility index (Phi) is 5.08. The van der Waals surface area contributed by atoms with Crippen LogP contribution in [0.1, 0.15) is 23.2 Å². The van der Waals surface area contributed by atoms with Gasteiger partial charge in [0.25, 0.3) is 5.91 Å². The van der Waals surface area contributed by atoms with Crippen LogP contribution in [0, 0.1) is 5.92 Å². The molecule has 1 unspecified atom stereocenters. The highest BCUT2D eigenvalue weighted by Gasteiger charge is 2.29. The Balaban J connectivity index is 1.89. The van der Waals surface area contributed by atoms with Gasteiger partial charge < -0.3 is 20.1 Å². The SMILES string of the molecule is CN(C)CCn1cc(C(=O)N2CCCC(C(N)=O)C2)c2ccccc21. The molecule has 0 saturated carbocycles. The topological polar surface area (TPSA) is 71.6 Å². The predicted molar refractivity (Wildman–Crippen MR) is 98.3 cm³/mol. The van der Waals surface area contributed by atoms with Crippen LogP contribution in [0.25, 0.3) is 10.9 Å². The molecule has 1 aliphatic rings. The van der Waals surface area contributed by atoms with Gasteiger partial charge in [0, 0.05) is 43.3 Å². The second kappa shape index (κ2) is 7.27. The van der Waals surface area contributed by atoms with Gasteiger partial charge in [0.15, 0.2) is 0 Å². The van der Waals surface area contributed by atoms with Crippen molar-refractivity contribution in [1.82, 2.24) is 14.4 Å². The first-order valence-electron chi connectivity index (χ1n) is 8.78. The van der Waals surface area contributed by atoms with Crippen LogP contribution in [0.4, 0.5) is 0 Å². The van der Waals surface area contributed by atoms with Crippen LogP contribution in [0.5, 0.6) is 0 Å². The minimum atomic E-state index is -0.314. The molecule has 2 heterocycles. The number of primary amides is 1. The normalized spacial score (nSPS) is 18.0. The number of nitrogens with zero attached hydrogens (tertiary/aromatic N) is 3. The molecule has 25 heavy (non-hydrogen) atoms. The summed E-state index contributed by atoms with van der Waals surface area (Å²) in [5, 5.41) is 0.965. The van der Waals surface area contributed by atoms with E-state index in [1.54, 1.807) is 4.90 Å². The Hall–Kier alpha value is -2.34. The molecule has 0 aliphatic carbocycles. The maximum Gasteiger partial charge on any atom is 0.256 e. The Morgan fingerprint density at radius 2 is 2.04 bits per heavy atom. The van der Waals surface area contributed by atoms with E-state index in [9.17, 15) is 9.59 Å². The first-order chi connectivity index (χ1) is 12.0. The van der Waals surface area contributed by atoms with Gasteiger partial charge in [-0.25, -0.2) is 0 Å². The molecule has 1 atom stereocenters. The van der Waals surface area contributed by atoms with Crippen molar-refractivity contribution >= 4 is 22.7 Å². The fourth-order valence-corrected chi connectivity index (χ4v) is 3.47. The van der Waals surface area contributed by atoms with Crippen LogP contribution in [-0.2, 0) is 11.3 Å². The van der Waals surface area contributed by atoms with Crippen LogP contribution < -0.4 is 5.73 Å². The van der Waals surface area contributed by atoms with Crippen molar-refractivity contribution in [1.29, 1.82) is 0 Å². The van der Waals surface area contributed by atoms with E-state index in [0.29, 0.717) is 18.7 Å². The monoisotopic (exact) mass is 342 g/mol. The molecule has 3 rings (SSSR count). The van der Waals surface area contributed by atoms with Crippen molar-refractivity contribution in [3.63, 3.8) is 0 Å². The molecule has 6 nitrogen and oxygen atoms in total. The lowest BCUT2D eigenvalue weighted by atomic mass is 9.97. The average molecular weight is 342 g/mol. The molecule has 134 valence electrons. The number of aromatic nitrogens is 1. The molecule has 1 saturated heterocycles. The second-order valence-electron chi connectivity index (χ2n) is 7.05. The standard InChI is InChI=1S/C19H26N4O2/c1-21(2)10-11-22-13-16(15-7-3-4-8-17(15)22)19(25)23-9-5-6-14(12-23)18(20)24/h3-4,7-8,13-14H,5-6,9-12H2,1-2H3,(H2,20,24). The summed E-state index contributed by atoms with van der Waals surface area (Å²) in [7, 11) is 4.07. The van der Waals surface area contributed by atoms with Crippen molar-refractivity contribution in [3.8, 4) is 0 Å². The van der Waals surface area contributed by atoms with E-state index in [-0.39, 0.29) is 17.7 Å². The molecule has 0 radical (unpaired) electrons. The van der Waals surface area contributed by atoms with Gasteiger partial charge in [-0.3, -0.25) is 9.59 Å². The molecule has 1 aromatic heterocycles. The van der Waals surface area contributed by atoms with Crippen molar-refractivity contribution in [3.05, 3.63) is 36.0 Å². The van der Waals surface area contributed by atoms with E-state index < -0.39 is 0 Å². The molecular formula is C19H26N4O2. The van der Waals surface area contributed by atoms with E-state index in [2.05, 4.69) is 9.47 Å². The summed E-state index contributed by atoms with van der Waals surface area (Å²) < 4.78 is 2.14. The number of piperidine rings is 1. The number of carbonyl (C=O) groups excluding carboxylic acids is 2. The number of fused-ring (bicyclic) bond motifs is 1. The van der Waals surface area contributed by atoms with Crippen molar-refractivity contribution in [2.75, 3.05) is 33.7 Å². The van der Waals surface area contributed by atoms with Gasteiger partial charge in [-0.2, -0.15) is 0 Å². The Bertz CT molecular complexity index is 781. The van der Waals surface area contributed by atoms with Gasteiger partial charge in [-0.15, -0.1) is 0 Å². The van der Waals surface area contributed by atoms with Crippen LogP contribution in [-0.4, -0.2) is 59.9 Å². The van der Waals surface area contributed by atoms with Gasteiger partial charge >= 0.3 is 0 Å². The number of likely N-dealkylation sites (N-methyl/N-ethyl adjacent to an activating group) is 1. The van der Waals surface area contributed by atoms with E-state index in [1.165, 1.54) is 0 Å². The summed E-state index contributed by atoms with van der Waals surface area (Å²) in [5.41, 5.74) is 7.22. The van der Waals surface area contributed by atoms with Gasteiger partial charge in [0.2, 0.25) is 5.91 Å². The molecule has 2 aromatic rings. The highest BCUT2D eigenvalue weighted by atomic mass is 16.2. The smallest absolute Gasteiger partial charge is 0.256 e. The minimum Gasteiger partial charge on any atom is -0.369 e. The number of carbonyl (C=O) groups is 2. The van der Waals surface area contributed by atoms with E-state index >= 15 is 0 Å². The lowest BCUT2D eigenvalue weighted by Gasteiger charge is -2.31. The van der Waals surface area contributed by atoms with Gasteiger partial charge in [0.1, 0.15) is 0 Å². The number of hydrogen-bond acceptors (Lipinski definition) is 3. The molecule has 0 bridgehead atoms. The molecule has 2 N–H and O–H groups in total. The quantitative estimate of drug-likeness (QED) is 0.896. The first kappa shape index (κ1) is 17.5. The first-order valence-corrected chi connectivity index (χ1v) is 8.78. The summed E-state index contributed by atoms with van der Waals surface area (Å²) in [6.45, 7) is 2.83. The van der Waals surface area contributed by atoms with Gasteiger partial charge in [-0.1, -0.05) is 18.2 Å². The van der Waals surface area contributed by atoms with E-state index in [4.69, 9.17) is 5.73 Å². The molecule has 6 heteroatoms. The van der Waals surface area contributed by atoms with Crippen LogP contribution in [0.2, 0.25) is 0 Å². The molecule has 1 fully saturated rings. The third kappa shape index (κ3) is 3.69. The van der Waals surface area contributed by atoms with Crippen LogP contribution >= 0.6 is 0 Å². The van der Waals surface area contributed by atoms with Crippen LogP contribution in [0.3, 0.4) is 0 Å². The highest BCUT2D eigenvalue weighted by molar-refractivity contribution is 6.07. The summed E-state index contributed by atoms with van der Waals surface area (Å²) >= 11 is 0. The largest absolute Gasteiger partial charge is 0.369 e. The summed E-state index contributed by atoms with van der Waals surface area (Å²) in [4.78, 5) is 28.5. The Morgan fingerprint density at radius 1 is 1.28 bits per heavy atom. The van der Waals surface area contributed by atoms with Crippen molar-refractivity contribution in [2.45, 2.75) is 19.4 Å². The Labute approximate surface area is 148 Å². The van der Waals surface area contributed by atoms with Crippen molar-refractivity contribution in [2.24, 2.45) is 11.7 Å². The number of benzene rings is 1. The van der Waals surface area contributed by atoms with E-state index in [0.717, 1.165) is 36.8 Å². The minimum absolute atomic E-state index is 0.00856. The van der Waals surface area contributed by atoms with Crippen molar-refractivity contribution < 1.29 is 9.59 Å². The highest BCUT2D eigenvalue weighted by Crippen LogP contribution is 2.25. The summed E-state index contributed by atoms with van der Waals surface area (Å²) in [6.07, 6.45) is 3.53. The maximum absolute atomic E-state index is 13.1. The molecule has 1 aliphatic heterocycles. The average Bonchev–Trinajstić information content (AvgIpc) is 2.98. The fourth-order valence-electron chi connectivity index (χ4n) is 3.47. The summed E-state index contributed by atoms with van der Waals surface area (Å²) in [6, 6.07) is 7.99. The second-order valence-corrected chi connectivity index (χ2v) is 7.05. The lowest BCUT2D eigenvalue weighted by Crippen LogP contribution is -2.44. The molecular weight excluding hydrogens is 316 g/mol. The lowest BCUT2D eigenvalue weighted by molar-refractivity contribution is -0.123. The number of rotatable bonds is 5. The van der Waals surface area contributed by atoms with Gasteiger partial charge in [0.05, 0.1) is 11.5 Å². The van der Waals surface area contributed by atoms with E-state index in [1.807, 2.05) is 44.6 Å². The van der Waals surface area contributed by atoms with Gasteiger partial charge in [-0.05, 0) is 33.0 Å². The maximum atomic E-state index is 13.1.